The van der Waals surface area contributed by atoms with E-state index >= 15 is 0 Å². The number of amides is 1. The van der Waals surface area contributed by atoms with Gasteiger partial charge < -0.3 is 19.7 Å². The van der Waals surface area contributed by atoms with Gasteiger partial charge in [-0.1, -0.05) is 17.0 Å². The Hall–Kier alpha value is -5.08. The van der Waals surface area contributed by atoms with Crippen LogP contribution < -0.4 is 15.7 Å². The lowest BCUT2D eigenvalue weighted by molar-refractivity contribution is -0.384. The monoisotopic (exact) mass is 557 g/mol. The number of hydrogen-bond acceptors (Lipinski definition) is 8. The van der Waals surface area contributed by atoms with Gasteiger partial charge in [-0.3, -0.25) is 14.9 Å². The molecule has 208 valence electrons. The van der Waals surface area contributed by atoms with E-state index in [0.29, 0.717) is 40.8 Å². The van der Waals surface area contributed by atoms with Gasteiger partial charge >= 0.3 is 5.63 Å². The highest BCUT2D eigenvalue weighted by Crippen LogP contribution is 2.56. The molecule has 1 aliphatic carbocycles. The summed E-state index contributed by atoms with van der Waals surface area (Å²) in [6.07, 6.45) is 0.930. The van der Waals surface area contributed by atoms with Crippen molar-refractivity contribution < 1.29 is 28.5 Å². The van der Waals surface area contributed by atoms with Gasteiger partial charge in [0.1, 0.15) is 11.6 Å². The number of hydrogen-bond donors (Lipinski definition) is 2. The number of anilines is 1. The minimum atomic E-state index is -2.27. The van der Waals surface area contributed by atoms with Crippen molar-refractivity contribution >= 4 is 28.1 Å². The Kier molecular flexibility index (Phi) is 7.02. The van der Waals surface area contributed by atoms with E-state index in [1.54, 1.807) is 13.0 Å². The highest BCUT2D eigenvalue weighted by Gasteiger charge is 2.53. The quantitative estimate of drug-likeness (QED) is 0.193. The lowest BCUT2D eigenvalue weighted by Crippen LogP contribution is -2.44. The summed E-state index contributed by atoms with van der Waals surface area (Å²) in [5, 5.41) is 30.0. The number of aliphatic hydroxyl groups is 1. The smallest absolute Gasteiger partial charge is 0.366 e. The van der Waals surface area contributed by atoms with E-state index in [9.17, 15) is 29.2 Å². The van der Waals surface area contributed by atoms with Crippen LogP contribution in [0.15, 0.2) is 70.0 Å². The Bertz CT molecular complexity index is 1800. The van der Waals surface area contributed by atoms with Gasteiger partial charge in [-0.15, -0.1) is 0 Å². The molecule has 0 bridgehead atoms. The third kappa shape index (κ3) is 5.50. The Labute approximate surface area is 232 Å². The van der Waals surface area contributed by atoms with E-state index in [2.05, 4.69) is 22.3 Å². The summed E-state index contributed by atoms with van der Waals surface area (Å²) in [7, 11) is 1.46. The van der Waals surface area contributed by atoms with Crippen LogP contribution in [0.5, 0.6) is 5.75 Å². The molecule has 2 N–H and O–H groups in total. The molecule has 0 saturated heterocycles. The molecule has 11 heteroatoms. The van der Waals surface area contributed by atoms with Crippen molar-refractivity contribution in [3.63, 3.8) is 0 Å². The maximum atomic E-state index is 14.3. The Morgan fingerprint density at radius 1 is 1.20 bits per heavy atom. The normalized spacial score (nSPS) is 14.8. The minimum Gasteiger partial charge on any atom is -0.496 e. The number of aromatic nitrogens is 1. The van der Waals surface area contributed by atoms with Crippen LogP contribution in [-0.2, 0) is 10.2 Å². The second-order valence-corrected chi connectivity index (χ2v) is 9.99. The number of rotatable bonds is 7. The Morgan fingerprint density at radius 2 is 1.93 bits per heavy atom. The van der Waals surface area contributed by atoms with E-state index in [1.807, 2.05) is 0 Å². The number of ether oxygens (including phenoxy) is 1. The van der Waals surface area contributed by atoms with Crippen molar-refractivity contribution in [1.82, 2.24) is 5.16 Å². The summed E-state index contributed by atoms with van der Waals surface area (Å²) in [5.41, 5.74) is -2.25. The largest absolute Gasteiger partial charge is 0.496 e. The van der Waals surface area contributed by atoms with Crippen LogP contribution in [0, 0.1) is 34.7 Å². The first-order valence-corrected chi connectivity index (χ1v) is 12.6. The van der Waals surface area contributed by atoms with Crippen molar-refractivity contribution in [1.29, 1.82) is 0 Å². The molecule has 5 rings (SSSR count). The van der Waals surface area contributed by atoms with Gasteiger partial charge in [-0.2, -0.15) is 0 Å². The van der Waals surface area contributed by atoms with Gasteiger partial charge in [0.15, 0.2) is 0 Å². The first-order chi connectivity index (χ1) is 19.5. The molecule has 41 heavy (non-hydrogen) atoms. The number of nitro benzene ring substituents is 1. The molecular formula is C30H24FN3O7. The first kappa shape index (κ1) is 27.5. The maximum absolute atomic E-state index is 14.3. The highest BCUT2D eigenvalue weighted by atomic mass is 19.1. The molecule has 1 fully saturated rings. The number of non-ortho nitro benzene ring substituents is 1. The van der Waals surface area contributed by atoms with Crippen LogP contribution in [0.4, 0.5) is 15.8 Å². The minimum absolute atomic E-state index is 0.131. The van der Waals surface area contributed by atoms with Crippen molar-refractivity contribution in [2.24, 2.45) is 0 Å². The number of halogens is 1. The van der Waals surface area contributed by atoms with Crippen LogP contribution in [0.3, 0.4) is 0 Å². The van der Waals surface area contributed by atoms with Gasteiger partial charge in [0.2, 0.25) is 5.60 Å². The van der Waals surface area contributed by atoms with Gasteiger partial charge in [0, 0.05) is 46.2 Å². The van der Waals surface area contributed by atoms with Crippen LogP contribution in [0.25, 0.3) is 10.8 Å². The lowest BCUT2D eigenvalue weighted by atomic mass is 9.82. The molecule has 1 saturated carbocycles. The topological polar surface area (TPSA) is 145 Å². The van der Waals surface area contributed by atoms with Crippen LogP contribution in [-0.4, -0.2) is 33.8 Å². The fourth-order valence-corrected chi connectivity index (χ4v) is 4.84. The summed E-state index contributed by atoms with van der Waals surface area (Å²) < 4.78 is 24.4. The van der Waals surface area contributed by atoms with Gasteiger partial charge in [-0.05, 0) is 68.3 Å². The van der Waals surface area contributed by atoms with Crippen LogP contribution in [0.2, 0.25) is 0 Å². The molecule has 0 spiro atoms. The van der Waals surface area contributed by atoms with Gasteiger partial charge in [0.05, 0.1) is 23.1 Å². The SMILES string of the molecule is COc1ccc(F)cc1C1(CC(O)(C#Cc2ccc([N+](=O)[O-])cc2)C(=O)Nc2ccc3c(=O)onc(C)c3c2)CC1. The third-order valence-electron chi connectivity index (χ3n) is 7.20. The number of methoxy groups -OCH3 is 1. The molecule has 10 nitrogen and oxygen atoms in total. The van der Waals surface area contributed by atoms with Crippen LogP contribution in [0.1, 0.15) is 36.1 Å². The molecule has 1 atom stereocenters. The lowest BCUT2D eigenvalue weighted by Gasteiger charge is -2.28. The average Bonchev–Trinajstić information content (AvgIpc) is 3.74. The zero-order valence-electron chi connectivity index (χ0n) is 22.1. The fraction of sp³-hybridized carbons (Fsp3) is 0.233. The van der Waals surface area contributed by atoms with E-state index in [0.717, 1.165) is 0 Å². The first-order valence-electron chi connectivity index (χ1n) is 12.6. The van der Waals surface area contributed by atoms with Gasteiger partial charge in [0.25, 0.3) is 11.6 Å². The average molecular weight is 558 g/mol. The summed E-state index contributed by atoms with van der Waals surface area (Å²) in [6.45, 7) is 1.64. The number of aryl methyl sites for hydroxylation is 1. The Morgan fingerprint density at radius 3 is 2.59 bits per heavy atom. The predicted molar refractivity (Wildman–Crippen MR) is 147 cm³/mol. The summed E-state index contributed by atoms with van der Waals surface area (Å²) in [4.78, 5) is 36.2. The van der Waals surface area contributed by atoms with Crippen molar-refractivity contribution in [2.45, 2.75) is 37.2 Å². The van der Waals surface area contributed by atoms with E-state index in [4.69, 9.17) is 9.26 Å². The number of nitrogens with one attached hydrogen (secondary N) is 1. The molecule has 1 aliphatic rings. The number of carbonyl (C=O) groups is 1. The summed E-state index contributed by atoms with van der Waals surface area (Å²) in [6, 6.07) is 14.0. The number of carbonyl (C=O) groups excluding carboxylic acids is 1. The number of nitrogens with zero attached hydrogens (tertiary/aromatic N) is 2. The second kappa shape index (κ2) is 10.5. The van der Waals surface area contributed by atoms with Crippen molar-refractivity contribution in [3.8, 4) is 17.6 Å². The summed E-state index contributed by atoms with van der Waals surface area (Å²) in [5.74, 6) is 4.51. The molecule has 4 aromatic rings. The summed E-state index contributed by atoms with van der Waals surface area (Å²) >= 11 is 0. The third-order valence-corrected chi connectivity index (χ3v) is 7.20. The zero-order valence-corrected chi connectivity index (χ0v) is 22.1. The molecule has 1 amide bonds. The Balaban J connectivity index is 1.53. The standard InChI is InChI=1S/C30H24FN3O7/c1-18-24-16-21(6-9-23(24)27(35)41-33-18)32-28(36)30(37,12-11-19-3-7-22(8-4-19)34(38)39)17-29(13-14-29)25-15-20(31)5-10-26(25)40-2/h3-10,15-16,37H,13-14,17H2,1-2H3,(H,32,36). The van der Waals surface area contributed by atoms with E-state index in [1.165, 1.54) is 61.7 Å². The molecule has 1 unspecified atom stereocenters. The number of benzene rings is 3. The highest BCUT2D eigenvalue weighted by molar-refractivity contribution is 6.01. The van der Waals surface area contributed by atoms with Crippen LogP contribution >= 0.6 is 0 Å². The molecular weight excluding hydrogens is 533 g/mol. The molecule has 1 aromatic heterocycles. The fourth-order valence-electron chi connectivity index (χ4n) is 4.84. The number of nitro groups is 1. The van der Waals surface area contributed by atoms with Crippen molar-refractivity contribution in [3.05, 3.63) is 104 Å². The molecule has 0 radical (unpaired) electrons. The van der Waals surface area contributed by atoms with Crippen molar-refractivity contribution in [2.75, 3.05) is 12.4 Å². The molecule has 1 heterocycles. The van der Waals surface area contributed by atoms with E-state index in [-0.39, 0.29) is 23.2 Å². The zero-order chi connectivity index (χ0) is 29.4. The molecule has 0 aliphatic heterocycles. The van der Waals surface area contributed by atoms with Gasteiger partial charge in [-0.25, -0.2) is 9.18 Å². The predicted octanol–water partition coefficient (Wildman–Crippen LogP) is 4.40. The number of fused-ring (bicyclic) bond motifs is 1. The maximum Gasteiger partial charge on any atom is 0.366 e. The van der Waals surface area contributed by atoms with E-state index < -0.39 is 33.3 Å². The second-order valence-electron chi connectivity index (χ2n) is 9.99. The molecule has 3 aromatic carbocycles.